The number of rotatable bonds is 8. The summed E-state index contributed by atoms with van der Waals surface area (Å²) in [6.07, 6.45) is 0. The molecule has 3 rings (SSSR count). The smallest absolute Gasteiger partial charge is 0.226 e. The maximum atomic E-state index is 5.78. The lowest BCUT2D eigenvalue weighted by Crippen LogP contribution is -2.38. The minimum absolute atomic E-state index is 0.501. The normalized spacial score (nSPS) is 14.9. The summed E-state index contributed by atoms with van der Waals surface area (Å²) in [5.74, 6) is 2.33. The van der Waals surface area contributed by atoms with Crippen molar-refractivity contribution in [1.29, 1.82) is 0 Å². The van der Waals surface area contributed by atoms with Gasteiger partial charge in [0.1, 0.15) is 5.75 Å². The third-order valence-electron chi connectivity index (χ3n) is 4.73. The van der Waals surface area contributed by atoms with E-state index in [4.69, 9.17) is 26.8 Å². The molecule has 0 aliphatic carbocycles. The Morgan fingerprint density at radius 2 is 1.89 bits per heavy atom. The molecule has 0 atom stereocenters. The molecule has 2 heterocycles. The second kappa shape index (κ2) is 9.54. The Balaban J connectivity index is 1.76. The molecule has 0 radical (unpaired) electrons. The molecule has 0 N–H and O–H groups in total. The van der Waals surface area contributed by atoms with Gasteiger partial charge in [-0.3, -0.25) is 9.47 Å². The van der Waals surface area contributed by atoms with Gasteiger partial charge >= 0.3 is 0 Å². The molecule has 8 heteroatoms. The summed E-state index contributed by atoms with van der Waals surface area (Å²) in [6, 6.07) is 8.15. The Morgan fingerprint density at radius 1 is 1.21 bits per heavy atom. The van der Waals surface area contributed by atoms with Crippen LogP contribution in [-0.2, 0) is 24.5 Å². The van der Waals surface area contributed by atoms with Crippen molar-refractivity contribution in [3.05, 3.63) is 34.6 Å². The largest absolute Gasteiger partial charge is 0.497 e. The van der Waals surface area contributed by atoms with E-state index < -0.39 is 0 Å². The summed E-state index contributed by atoms with van der Waals surface area (Å²) in [5, 5.41) is 4.88. The molecular formula is C20H31N5O2S. The highest BCUT2D eigenvalue weighted by atomic mass is 32.1. The standard InChI is InChI=1S/C20H31N5O2S/c1-16(2)13-24-19(23-9-11-27-12-10-23)21-25(20(24)28)15-22(3)14-17-5-7-18(26-4)8-6-17/h5-8,16H,9-15H2,1-4H3. The first kappa shape index (κ1) is 20.8. The first-order chi connectivity index (χ1) is 13.5. The summed E-state index contributed by atoms with van der Waals surface area (Å²) < 4.78 is 15.6. The molecule has 7 nitrogen and oxygen atoms in total. The molecule has 1 aromatic carbocycles. The minimum atomic E-state index is 0.501. The maximum absolute atomic E-state index is 5.78. The average Bonchev–Trinajstić information content (AvgIpc) is 2.98. The number of methoxy groups -OCH3 is 1. The number of anilines is 1. The lowest BCUT2D eigenvalue weighted by atomic mass is 10.2. The van der Waals surface area contributed by atoms with Crippen LogP contribution in [0.25, 0.3) is 0 Å². The Morgan fingerprint density at radius 3 is 2.50 bits per heavy atom. The maximum Gasteiger partial charge on any atom is 0.226 e. The molecule has 0 spiro atoms. The molecule has 2 aromatic rings. The number of hydrogen-bond donors (Lipinski definition) is 0. The zero-order valence-electron chi connectivity index (χ0n) is 17.3. The molecule has 1 aliphatic heterocycles. The van der Waals surface area contributed by atoms with E-state index in [1.807, 2.05) is 16.8 Å². The fraction of sp³-hybridized carbons (Fsp3) is 0.600. The highest BCUT2D eigenvalue weighted by Gasteiger charge is 2.20. The van der Waals surface area contributed by atoms with Gasteiger partial charge in [0.2, 0.25) is 10.7 Å². The number of benzene rings is 1. The topological polar surface area (TPSA) is 47.7 Å². The fourth-order valence-corrected chi connectivity index (χ4v) is 3.62. The van der Waals surface area contributed by atoms with Crippen LogP contribution in [0.2, 0.25) is 0 Å². The predicted octanol–water partition coefficient (Wildman–Crippen LogP) is 3.00. The number of aromatic nitrogens is 3. The molecule has 0 saturated carbocycles. The first-order valence-corrected chi connectivity index (χ1v) is 10.2. The zero-order chi connectivity index (χ0) is 20.1. The second-order valence-electron chi connectivity index (χ2n) is 7.69. The Hall–Kier alpha value is -1.90. The highest BCUT2D eigenvalue weighted by molar-refractivity contribution is 7.71. The third kappa shape index (κ3) is 5.12. The molecule has 1 aromatic heterocycles. The van der Waals surface area contributed by atoms with Crippen LogP contribution in [0.15, 0.2) is 24.3 Å². The lowest BCUT2D eigenvalue weighted by molar-refractivity contribution is 0.121. The SMILES string of the molecule is COc1ccc(CN(C)Cn2nc(N3CCOCC3)n(CC(C)C)c2=S)cc1. The molecule has 28 heavy (non-hydrogen) atoms. The second-order valence-corrected chi connectivity index (χ2v) is 8.05. The molecule has 0 amide bonds. The number of nitrogens with zero attached hydrogens (tertiary/aromatic N) is 5. The minimum Gasteiger partial charge on any atom is -0.497 e. The average molecular weight is 406 g/mol. The monoisotopic (exact) mass is 405 g/mol. The molecule has 1 saturated heterocycles. The van der Waals surface area contributed by atoms with Crippen LogP contribution in [0.3, 0.4) is 0 Å². The lowest BCUT2D eigenvalue weighted by Gasteiger charge is -2.28. The van der Waals surface area contributed by atoms with Crippen LogP contribution in [0.1, 0.15) is 19.4 Å². The molecule has 1 aliphatic rings. The first-order valence-electron chi connectivity index (χ1n) is 9.79. The van der Waals surface area contributed by atoms with Gasteiger partial charge < -0.3 is 14.4 Å². The van der Waals surface area contributed by atoms with Crippen molar-refractivity contribution in [3.8, 4) is 5.75 Å². The Labute approximate surface area is 172 Å². The van der Waals surface area contributed by atoms with E-state index in [0.29, 0.717) is 12.6 Å². The van der Waals surface area contributed by atoms with Crippen LogP contribution in [0.5, 0.6) is 5.75 Å². The predicted molar refractivity (Wildman–Crippen MR) is 113 cm³/mol. The van der Waals surface area contributed by atoms with Crippen molar-refractivity contribution < 1.29 is 9.47 Å². The zero-order valence-corrected chi connectivity index (χ0v) is 18.1. The highest BCUT2D eigenvalue weighted by Crippen LogP contribution is 2.18. The number of ether oxygens (including phenoxy) is 2. The summed E-state index contributed by atoms with van der Waals surface area (Å²) in [7, 11) is 3.77. The quantitative estimate of drug-likeness (QED) is 0.629. The molecular weight excluding hydrogens is 374 g/mol. The van der Waals surface area contributed by atoms with E-state index in [0.717, 1.165) is 55.9 Å². The van der Waals surface area contributed by atoms with Crippen LogP contribution < -0.4 is 9.64 Å². The fourth-order valence-electron chi connectivity index (χ4n) is 3.37. The van der Waals surface area contributed by atoms with E-state index in [1.165, 1.54) is 5.56 Å². The van der Waals surface area contributed by atoms with Gasteiger partial charge in [0.15, 0.2) is 0 Å². The molecule has 0 unspecified atom stereocenters. The van der Waals surface area contributed by atoms with Crippen LogP contribution >= 0.6 is 12.2 Å². The van der Waals surface area contributed by atoms with Crippen LogP contribution in [-0.4, -0.2) is 59.7 Å². The van der Waals surface area contributed by atoms with Gasteiger partial charge in [-0.1, -0.05) is 26.0 Å². The summed E-state index contributed by atoms with van der Waals surface area (Å²) in [5.41, 5.74) is 1.23. The van der Waals surface area contributed by atoms with Gasteiger partial charge in [0.05, 0.1) is 27.0 Å². The third-order valence-corrected chi connectivity index (χ3v) is 5.16. The van der Waals surface area contributed by atoms with Gasteiger partial charge in [-0.25, -0.2) is 4.68 Å². The van der Waals surface area contributed by atoms with Gasteiger partial charge in [-0.05, 0) is 42.9 Å². The van der Waals surface area contributed by atoms with Crippen molar-refractivity contribution in [2.75, 3.05) is 45.4 Å². The number of hydrogen-bond acceptors (Lipinski definition) is 6. The van der Waals surface area contributed by atoms with E-state index in [-0.39, 0.29) is 0 Å². The van der Waals surface area contributed by atoms with Crippen LogP contribution in [0.4, 0.5) is 5.95 Å². The van der Waals surface area contributed by atoms with Crippen molar-refractivity contribution in [3.63, 3.8) is 0 Å². The van der Waals surface area contributed by atoms with E-state index >= 15 is 0 Å². The van der Waals surface area contributed by atoms with Crippen molar-refractivity contribution >= 4 is 18.2 Å². The summed E-state index contributed by atoms with van der Waals surface area (Å²) >= 11 is 5.78. The van der Waals surface area contributed by atoms with E-state index in [9.17, 15) is 0 Å². The summed E-state index contributed by atoms with van der Waals surface area (Å²) in [4.78, 5) is 4.50. The van der Waals surface area contributed by atoms with Crippen molar-refractivity contribution in [1.82, 2.24) is 19.2 Å². The van der Waals surface area contributed by atoms with Crippen molar-refractivity contribution in [2.45, 2.75) is 33.6 Å². The molecule has 1 fully saturated rings. The number of morpholine rings is 1. The van der Waals surface area contributed by atoms with Crippen LogP contribution in [0, 0.1) is 10.7 Å². The van der Waals surface area contributed by atoms with E-state index in [1.54, 1.807) is 7.11 Å². The molecule has 154 valence electrons. The van der Waals surface area contributed by atoms with Gasteiger partial charge in [0, 0.05) is 26.2 Å². The van der Waals surface area contributed by atoms with Gasteiger partial charge in [0.25, 0.3) is 0 Å². The van der Waals surface area contributed by atoms with Crippen molar-refractivity contribution in [2.24, 2.45) is 5.92 Å². The van der Waals surface area contributed by atoms with E-state index in [2.05, 4.69) is 47.4 Å². The molecule has 0 bridgehead atoms. The van der Waals surface area contributed by atoms with Gasteiger partial charge in [-0.2, -0.15) is 0 Å². The summed E-state index contributed by atoms with van der Waals surface area (Å²) in [6.45, 7) is 9.92. The Kier molecular flexibility index (Phi) is 7.09. The van der Waals surface area contributed by atoms with Gasteiger partial charge in [-0.15, -0.1) is 5.10 Å². The Bertz CT molecular complexity index is 809.